The number of rotatable bonds is 6. The Hall–Kier alpha value is -3.01. The van der Waals surface area contributed by atoms with E-state index in [1.54, 1.807) is 20.1 Å². The van der Waals surface area contributed by atoms with E-state index in [4.69, 9.17) is 15.1 Å². The van der Waals surface area contributed by atoms with Crippen LogP contribution in [0.1, 0.15) is 5.69 Å². The highest BCUT2D eigenvalue weighted by atomic mass is 32.2. The average molecular weight is 360 g/mol. The van der Waals surface area contributed by atoms with Gasteiger partial charge in [0.2, 0.25) is 16.9 Å². The quantitative estimate of drug-likeness (QED) is 0.503. The van der Waals surface area contributed by atoms with Crippen molar-refractivity contribution in [3.8, 4) is 17.1 Å². The molecular weight excluding hydrogens is 344 g/mol. The number of nitrogens with two attached hydrogens (primary N) is 1. The Balaban J connectivity index is 1.63. The highest BCUT2D eigenvalue weighted by Gasteiger charge is 2.14. The first kappa shape index (κ1) is 16.8. The molecule has 25 heavy (non-hydrogen) atoms. The largest absolute Gasteiger partial charge is 0.497 e. The van der Waals surface area contributed by atoms with Crippen LogP contribution in [0.25, 0.3) is 11.4 Å². The van der Waals surface area contributed by atoms with Gasteiger partial charge in [-0.15, -0.1) is 10.2 Å². The lowest BCUT2D eigenvalue weighted by molar-refractivity contribution is -0.113. The van der Waals surface area contributed by atoms with E-state index < -0.39 is 0 Å². The third-order valence-electron chi connectivity index (χ3n) is 3.24. The number of aromatic nitrogens is 4. The molecule has 10 heteroatoms. The molecule has 0 aliphatic rings. The van der Waals surface area contributed by atoms with Gasteiger partial charge >= 0.3 is 0 Å². The number of methoxy groups -OCH3 is 1. The fourth-order valence-corrected chi connectivity index (χ4v) is 2.69. The van der Waals surface area contributed by atoms with Gasteiger partial charge in [-0.3, -0.25) is 10.1 Å². The molecule has 0 fully saturated rings. The topological polar surface area (TPSA) is 121 Å². The number of hydrogen-bond donors (Lipinski definition) is 2. The smallest absolute Gasteiger partial charge is 0.237 e. The van der Waals surface area contributed by atoms with Crippen molar-refractivity contribution in [3.05, 3.63) is 36.0 Å². The van der Waals surface area contributed by atoms with Crippen molar-refractivity contribution < 1.29 is 14.1 Å². The lowest BCUT2D eigenvalue weighted by Crippen LogP contribution is -2.16. The number of nitrogens with one attached hydrogen (secondary N) is 1. The van der Waals surface area contributed by atoms with Crippen molar-refractivity contribution in [2.75, 3.05) is 24.0 Å². The second kappa shape index (κ2) is 7.26. The van der Waals surface area contributed by atoms with Gasteiger partial charge in [0.25, 0.3) is 0 Å². The zero-order chi connectivity index (χ0) is 17.8. The molecule has 1 amide bonds. The van der Waals surface area contributed by atoms with E-state index in [1.807, 2.05) is 24.3 Å². The van der Waals surface area contributed by atoms with Gasteiger partial charge in [0.1, 0.15) is 5.75 Å². The number of anilines is 1. The molecule has 2 heterocycles. The predicted molar refractivity (Wildman–Crippen MR) is 92.8 cm³/mol. The van der Waals surface area contributed by atoms with Crippen molar-refractivity contribution in [1.82, 2.24) is 20.0 Å². The molecule has 9 nitrogen and oxygen atoms in total. The van der Waals surface area contributed by atoms with Crippen LogP contribution in [0.15, 0.2) is 40.0 Å². The van der Waals surface area contributed by atoms with Gasteiger partial charge in [-0.2, -0.15) is 0 Å². The summed E-state index contributed by atoms with van der Waals surface area (Å²) in [4.78, 5) is 11.9. The van der Waals surface area contributed by atoms with Gasteiger partial charge in [0, 0.05) is 11.6 Å². The zero-order valence-corrected chi connectivity index (χ0v) is 14.4. The normalized spacial score (nSPS) is 10.6. The zero-order valence-electron chi connectivity index (χ0n) is 13.6. The number of hydrogen-bond acceptors (Lipinski definition) is 8. The number of nitrogen functional groups attached to an aromatic ring is 1. The Bertz CT molecular complexity index is 874. The van der Waals surface area contributed by atoms with Gasteiger partial charge < -0.3 is 15.1 Å². The van der Waals surface area contributed by atoms with Crippen LogP contribution in [0.4, 0.5) is 5.88 Å². The molecule has 0 atom stereocenters. The lowest BCUT2D eigenvalue weighted by atomic mass is 10.2. The van der Waals surface area contributed by atoms with Gasteiger partial charge in [0.15, 0.2) is 5.82 Å². The summed E-state index contributed by atoms with van der Waals surface area (Å²) >= 11 is 1.17. The Morgan fingerprint density at radius 3 is 2.76 bits per heavy atom. The molecule has 0 bridgehead atoms. The van der Waals surface area contributed by atoms with E-state index >= 15 is 0 Å². The van der Waals surface area contributed by atoms with E-state index in [-0.39, 0.29) is 11.7 Å². The number of nitrogens with zero attached hydrogens (tertiary/aromatic N) is 4. The molecule has 0 unspecified atom stereocenters. The molecular formula is C15H16N6O3S. The summed E-state index contributed by atoms with van der Waals surface area (Å²) in [6.45, 7) is 1.77. The molecule has 0 radical (unpaired) electrons. The second-order valence-electron chi connectivity index (χ2n) is 5.07. The molecule has 3 aromatic rings. The first-order valence-corrected chi connectivity index (χ1v) is 8.26. The molecule has 0 aliphatic heterocycles. The fourth-order valence-electron chi connectivity index (χ4n) is 2.04. The number of ether oxygens (including phenoxy) is 1. The monoisotopic (exact) mass is 360 g/mol. The number of carbonyl (C=O) groups excluding carboxylic acids is 1. The third kappa shape index (κ3) is 3.91. The molecule has 3 rings (SSSR count). The summed E-state index contributed by atoms with van der Waals surface area (Å²) in [6, 6.07) is 8.92. The van der Waals surface area contributed by atoms with Crippen LogP contribution in [-0.2, 0) is 4.79 Å². The summed E-state index contributed by atoms with van der Waals surface area (Å²) < 4.78 is 11.4. The van der Waals surface area contributed by atoms with Crippen LogP contribution in [-0.4, -0.2) is 38.8 Å². The van der Waals surface area contributed by atoms with Gasteiger partial charge in [0.05, 0.1) is 18.6 Å². The van der Waals surface area contributed by atoms with Crippen LogP contribution in [0, 0.1) is 6.92 Å². The van der Waals surface area contributed by atoms with Crippen LogP contribution < -0.4 is 15.9 Å². The van der Waals surface area contributed by atoms with Crippen LogP contribution in [0.3, 0.4) is 0 Å². The van der Waals surface area contributed by atoms with Gasteiger partial charge in [-0.1, -0.05) is 16.9 Å². The van der Waals surface area contributed by atoms with Gasteiger partial charge in [-0.25, -0.2) is 4.68 Å². The standard InChI is InChI=1S/C15H16N6O3S/c1-9-7-13(24-20-9)17-12(22)8-25-15-19-18-14(21(15)16)10-3-5-11(23-2)6-4-10/h3-7H,8,16H2,1-2H3,(H,17,22). The highest BCUT2D eigenvalue weighted by molar-refractivity contribution is 7.99. The first-order chi connectivity index (χ1) is 12.1. The lowest BCUT2D eigenvalue weighted by Gasteiger charge is -2.05. The van der Waals surface area contributed by atoms with E-state index in [1.165, 1.54) is 16.4 Å². The van der Waals surface area contributed by atoms with E-state index in [2.05, 4.69) is 20.7 Å². The summed E-state index contributed by atoms with van der Waals surface area (Å²) in [6.07, 6.45) is 0. The summed E-state index contributed by atoms with van der Waals surface area (Å²) in [7, 11) is 1.60. The van der Waals surface area contributed by atoms with E-state index in [0.29, 0.717) is 22.6 Å². The SMILES string of the molecule is COc1ccc(-c2nnc(SCC(=O)Nc3cc(C)no3)n2N)cc1. The highest BCUT2D eigenvalue weighted by Crippen LogP contribution is 2.23. The minimum absolute atomic E-state index is 0.109. The fraction of sp³-hybridized carbons (Fsp3) is 0.200. The Morgan fingerprint density at radius 2 is 2.12 bits per heavy atom. The number of aryl methyl sites for hydroxylation is 1. The first-order valence-electron chi connectivity index (χ1n) is 7.27. The van der Waals surface area contributed by atoms with Crippen molar-refractivity contribution in [2.45, 2.75) is 12.1 Å². The van der Waals surface area contributed by atoms with Crippen molar-refractivity contribution in [2.24, 2.45) is 0 Å². The maximum Gasteiger partial charge on any atom is 0.237 e. The van der Waals surface area contributed by atoms with Crippen LogP contribution in [0.5, 0.6) is 5.75 Å². The van der Waals surface area contributed by atoms with E-state index in [9.17, 15) is 4.79 Å². The van der Waals surface area contributed by atoms with Crippen molar-refractivity contribution in [3.63, 3.8) is 0 Å². The maximum absolute atomic E-state index is 11.9. The molecule has 0 spiro atoms. The molecule has 3 N–H and O–H groups in total. The minimum atomic E-state index is -0.254. The second-order valence-corrected chi connectivity index (χ2v) is 6.02. The Labute approximate surface area is 147 Å². The minimum Gasteiger partial charge on any atom is -0.497 e. The molecule has 130 valence electrons. The molecule has 0 saturated carbocycles. The molecule has 1 aromatic carbocycles. The Morgan fingerprint density at radius 1 is 1.36 bits per heavy atom. The maximum atomic E-state index is 11.9. The Kier molecular flexibility index (Phi) is 4.89. The molecule has 0 aliphatic carbocycles. The number of carbonyl (C=O) groups is 1. The molecule has 0 saturated heterocycles. The van der Waals surface area contributed by atoms with Crippen LogP contribution >= 0.6 is 11.8 Å². The predicted octanol–water partition coefficient (Wildman–Crippen LogP) is 1.69. The number of benzene rings is 1. The average Bonchev–Trinajstić information content (AvgIpc) is 3.19. The van der Waals surface area contributed by atoms with Crippen molar-refractivity contribution in [1.29, 1.82) is 0 Å². The summed E-state index contributed by atoms with van der Waals surface area (Å²) in [5, 5.41) is 14.8. The number of thioether (sulfide) groups is 1. The summed E-state index contributed by atoms with van der Waals surface area (Å²) in [5.41, 5.74) is 1.48. The van der Waals surface area contributed by atoms with Gasteiger partial charge in [-0.05, 0) is 31.2 Å². The third-order valence-corrected chi connectivity index (χ3v) is 4.18. The van der Waals surface area contributed by atoms with Crippen LogP contribution in [0.2, 0.25) is 0 Å². The van der Waals surface area contributed by atoms with Crippen molar-refractivity contribution >= 4 is 23.6 Å². The summed E-state index contributed by atoms with van der Waals surface area (Å²) in [5.74, 6) is 7.42. The van der Waals surface area contributed by atoms with E-state index in [0.717, 1.165) is 11.3 Å². The molecule has 2 aromatic heterocycles. The number of amides is 1.